The number of alkyl halides is 1. The van der Waals surface area contributed by atoms with Crippen LogP contribution in [0.2, 0.25) is 0 Å². The minimum Gasteiger partial charge on any atom is -0.340 e. The van der Waals surface area contributed by atoms with Gasteiger partial charge in [0.05, 0.1) is 5.69 Å². The number of hydrogen-bond acceptors (Lipinski definition) is 2. The molecule has 0 amide bonds. The molecule has 0 N–H and O–H groups in total. The molecule has 0 spiro atoms. The van der Waals surface area contributed by atoms with Crippen molar-refractivity contribution in [2.75, 3.05) is 6.54 Å². The second-order valence-electron chi connectivity index (χ2n) is 5.31. The van der Waals surface area contributed by atoms with Crippen LogP contribution in [0, 0.1) is 13.8 Å². The summed E-state index contributed by atoms with van der Waals surface area (Å²) < 4.78 is 0. The lowest BCUT2D eigenvalue weighted by molar-refractivity contribution is 0.387. The highest BCUT2D eigenvalue weighted by Gasteiger charge is 2.29. The molecule has 0 aliphatic carbocycles. The molecular weight excluding hydrogens is 244 g/mol. The second kappa shape index (κ2) is 4.58. The van der Waals surface area contributed by atoms with Gasteiger partial charge in [-0.1, -0.05) is 30.2 Å². The average molecular weight is 263 g/mol. The molecule has 2 nitrogen and oxygen atoms in total. The number of fused-ring (bicyclic) bond motifs is 2. The Bertz CT molecular complexity index is 507. The van der Waals surface area contributed by atoms with Crippen molar-refractivity contribution in [2.45, 2.75) is 45.0 Å². The van der Waals surface area contributed by atoms with Crippen LogP contribution in [-0.4, -0.2) is 17.3 Å². The number of hydrogen-bond donors (Lipinski definition) is 0. The number of aliphatic imine (C=N–C) groups is 1. The molecule has 1 saturated heterocycles. The van der Waals surface area contributed by atoms with Crippen LogP contribution in [0.25, 0.3) is 0 Å². The van der Waals surface area contributed by atoms with Crippen LogP contribution >= 0.6 is 11.6 Å². The number of benzene rings is 1. The zero-order chi connectivity index (χ0) is 12.7. The summed E-state index contributed by atoms with van der Waals surface area (Å²) in [6, 6.07) is 4.29. The average Bonchev–Trinajstić information content (AvgIpc) is 2.60. The first-order valence-electron chi connectivity index (χ1n) is 6.77. The van der Waals surface area contributed by atoms with Crippen LogP contribution in [-0.2, 0) is 0 Å². The molecule has 96 valence electrons. The summed E-state index contributed by atoms with van der Waals surface area (Å²) in [5.74, 6) is 1.19. The second-order valence-corrected chi connectivity index (χ2v) is 5.73. The third-order valence-corrected chi connectivity index (χ3v) is 4.61. The number of rotatable bonds is 0. The van der Waals surface area contributed by atoms with Crippen LogP contribution < -0.4 is 0 Å². The molecule has 1 atom stereocenters. The van der Waals surface area contributed by atoms with Crippen LogP contribution in [0.5, 0.6) is 0 Å². The highest BCUT2D eigenvalue weighted by Crippen LogP contribution is 2.41. The maximum absolute atomic E-state index is 6.66. The highest BCUT2D eigenvalue weighted by atomic mass is 35.5. The minimum atomic E-state index is -0.0371. The van der Waals surface area contributed by atoms with Crippen molar-refractivity contribution >= 4 is 23.1 Å². The maximum atomic E-state index is 6.66. The third kappa shape index (κ3) is 1.83. The molecule has 0 bridgehead atoms. The lowest BCUT2D eigenvalue weighted by Gasteiger charge is -2.34. The van der Waals surface area contributed by atoms with Crippen LogP contribution in [0.1, 0.15) is 47.9 Å². The van der Waals surface area contributed by atoms with E-state index in [-0.39, 0.29) is 5.50 Å². The minimum absolute atomic E-state index is 0.0371. The van der Waals surface area contributed by atoms with E-state index in [0.29, 0.717) is 0 Å². The summed E-state index contributed by atoms with van der Waals surface area (Å²) in [6.07, 6.45) is 4.81. The summed E-state index contributed by atoms with van der Waals surface area (Å²) in [5.41, 5.74) is 4.82. The smallest absolute Gasteiger partial charge is 0.132 e. The Morgan fingerprint density at radius 3 is 2.89 bits per heavy atom. The monoisotopic (exact) mass is 262 g/mol. The highest BCUT2D eigenvalue weighted by molar-refractivity contribution is 6.22. The van der Waals surface area contributed by atoms with E-state index in [1.807, 2.05) is 0 Å². The summed E-state index contributed by atoms with van der Waals surface area (Å²) >= 11 is 6.66. The molecule has 1 fully saturated rings. The van der Waals surface area contributed by atoms with Crippen molar-refractivity contribution < 1.29 is 0 Å². The van der Waals surface area contributed by atoms with E-state index in [4.69, 9.17) is 16.6 Å². The van der Waals surface area contributed by atoms with Gasteiger partial charge in [0, 0.05) is 18.5 Å². The first-order chi connectivity index (χ1) is 8.68. The van der Waals surface area contributed by atoms with E-state index in [2.05, 4.69) is 30.9 Å². The fourth-order valence-electron chi connectivity index (χ4n) is 2.84. The van der Waals surface area contributed by atoms with Gasteiger partial charge in [-0.3, -0.25) is 0 Å². The van der Waals surface area contributed by atoms with E-state index in [0.717, 1.165) is 18.7 Å². The Labute approximate surface area is 114 Å². The third-order valence-electron chi connectivity index (χ3n) is 4.14. The van der Waals surface area contributed by atoms with Crippen molar-refractivity contribution in [3.05, 3.63) is 28.8 Å². The standard InChI is InChI=1S/C15H19ClN2/c1-10-7-8-12-14(11(10)2)17-13-6-4-3-5-9-18(13)15(12)16/h7-8,15H,3-6,9H2,1-2H3. The molecule has 2 heterocycles. The fraction of sp³-hybridized carbons (Fsp3) is 0.533. The molecule has 1 aromatic rings. The lowest BCUT2D eigenvalue weighted by atomic mass is 10.0. The van der Waals surface area contributed by atoms with Crippen molar-refractivity contribution in [2.24, 2.45) is 4.99 Å². The van der Waals surface area contributed by atoms with Gasteiger partial charge in [0.2, 0.25) is 0 Å². The van der Waals surface area contributed by atoms with Gasteiger partial charge < -0.3 is 4.90 Å². The fourth-order valence-corrected chi connectivity index (χ4v) is 3.22. The van der Waals surface area contributed by atoms with Gasteiger partial charge in [0.1, 0.15) is 11.3 Å². The SMILES string of the molecule is Cc1ccc2c(c1C)N=C1CCCCCN1C2Cl. The van der Waals surface area contributed by atoms with Gasteiger partial charge in [-0.25, -0.2) is 4.99 Å². The molecular formula is C15H19ClN2. The van der Waals surface area contributed by atoms with Crippen molar-refractivity contribution in [3.8, 4) is 0 Å². The van der Waals surface area contributed by atoms with E-state index in [1.165, 1.54) is 41.8 Å². The topological polar surface area (TPSA) is 15.6 Å². The number of amidine groups is 1. The predicted octanol–water partition coefficient (Wildman–Crippen LogP) is 4.46. The Hall–Kier alpha value is -1.02. The molecule has 0 aromatic heterocycles. The summed E-state index contributed by atoms with van der Waals surface area (Å²) in [5, 5.41) is 0. The lowest BCUT2D eigenvalue weighted by Crippen LogP contribution is -2.34. The largest absolute Gasteiger partial charge is 0.340 e. The van der Waals surface area contributed by atoms with Gasteiger partial charge in [0.15, 0.2) is 0 Å². The Morgan fingerprint density at radius 1 is 1.22 bits per heavy atom. The van der Waals surface area contributed by atoms with Gasteiger partial charge in [-0.05, 0) is 37.8 Å². The van der Waals surface area contributed by atoms with Crippen molar-refractivity contribution in [1.29, 1.82) is 0 Å². The number of halogens is 1. The zero-order valence-corrected chi connectivity index (χ0v) is 11.8. The Morgan fingerprint density at radius 2 is 2.06 bits per heavy atom. The molecule has 2 aliphatic rings. The van der Waals surface area contributed by atoms with Crippen molar-refractivity contribution in [1.82, 2.24) is 4.90 Å². The molecule has 0 radical (unpaired) electrons. The van der Waals surface area contributed by atoms with E-state index < -0.39 is 0 Å². The summed E-state index contributed by atoms with van der Waals surface area (Å²) in [4.78, 5) is 7.18. The van der Waals surface area contributed by atoms with Gasteiger partial charge in [0.25, 0.3) is 0 Å². The first kappa shape index (κ1) is 12.0. The van der Waals surface area contributed by atoms with Crippen LogP contribution in [0.3, 0.4) is 0 Å². The number of aryl methyl sites for hydroxylation is 1. The molecule has 3 rings (SSSR count). The molecule has 1 unspecified atom stereocenters. The first-order valence-corrected chi connectivity index (χ1v) is 7.20. The molecule has 0 saturated carbocycles. The maximum Gasteiger partial charge on any atom is 0.132 e. The summed E-state index contributed by atoms with van der Waals surface area (Å²) in [6.45, 7) is 5.33. The van der Waals surface area contributed by atoms with Crippen molar-refractivity contribution in [3.63, 3.8) is 0 Å². The van der Waals surface area contributed by atoms with Crippen LogP contribution in [0.4, 0.5) is 5.69 Å². The predicted molar refractivity (Wildman–Crippen MR) is 76.8 cm³/mol. The van der Waals surface area contributed by atoms with Gasteiger partial charge in [-0.2, -0.15) is 0 Å². The number of nitrogens with zero attached hydrogens (tertiary/aromatic N) is 2. The van der Waals surface area contributed by atoms with Crippen LogP contribution in [0.15, 0.2) is 17.1 Å². The zero-order valence-electron chi connectivity index (χ0n) is 11.0. The Kier molecular flexibility index (Phi) is 3.06. The molecule has 1 aromatic carbocycles. The van der Waals surface area contributed by atoms with E-state index in [1.54, 1.807) is 0 Å². The quantitative estimate of drug-likeness (QED) is 0.498. The Balaban J connectivity index is 2.13. The molecule has 18 heavy (non-hydrogen) atoms. The van der Waals surface area contributed by atoms with Gasteiger partial charge >= 0.3 is 0 Å². The summed E-state index contributed by atoms with van der Waals surface area (Å²) in [7, 11) is 0. The van der Waals surface area contributed by atoms with Gasteiger partial charge in [-0.15, -0.1) is 0 Å². The van der Waals surface area contributed by atoms with E-state index in [9.17, 15) is 0 Å². The molecule has 2 aliphatic heterocycles. The normalized spacial score (nSPS) is 22.9. The van der Waals surface area contributed by atoms with E-state index >= 15 is 0 Å². The molecule has 3 heteroatoms.